The van der Waals surface area contributed by atoms with E-state index in [1.807, 2.05) is 0 Å². The summed E-state index contributed by atoms with van der Waals surface area (Å²) in [6.45, 7) is 0. The fourth-order valence-corrected chi connectivity index (χ4v) is 1.35. The largest absolute Gasteiger partial charge is 0.507 e. The summed E-state index contributed by atoms with van der Waals surface area (Å²) in [4.78, 5) is 0. The van der Waals surface area contributed by atoms with E-state index in [2.05, 4.69) is 22.6 Å². The lowest BCUT2D eigenvalue weighted by Gasteiger charge is -1.99. The summed E-state index contributed by atoms with van der Waals surface area (Å²) < 4.78 is 1.80. The second kappa shape index (κ2) is 3.97. The third-order valence-electron chi connectivity index (χ3n) is 1.26. The predicted molar refractivity (Wildman–Crippen MR) is 56.2 cm³/mol. The maximum atomic E-state index is 9.28. The van der Waals surface area contributed by atoms with E-state index >= 15 is 0 Å². The molecule has 1 rings (SSSR count). The lowest BCUT2D eigenvalue weighted by molar-refractivity contribution is 0.474. The highest BCUT2D eigenvalue weighted by atomic mass is 127. The van der Waals surface area contributed by atoms with Crippen molar-refractivity contribution in [2.24, 2.45) is 0 Å². The molecule has 11 heavy (non-hydrogen) atoms. The number of aromatic hydroxyl groups is 1. The fourth-order valence-electron chi connectivity index (χ4n) is 0.754. The van der Waals surface area contributed by atoms with Gasteiger partial charge < -0.3 is 5.11 Å². The molecule has 0 amide bonds. The molecule has 1 aromatic rings. The maximum absolute atomic E-state index is 9.28. The van der Waals surface area contributed by atoms with E-state index in [0.29, 0.717) is 10.6 Å². The van der Waals surface area contributed by atoms with Crippen LogP contribution in [-0.2, 0) is 0 Å². The van der Waals surface area contributed by atoms with Gasteiger partial charge in [0.05, 0.1) is 5.02 Å². The Morgan fingerprint density at radius 1 is 1.45 bits per heavy atom. The summed E-state index contributed by atoms with van der Waals surface area (Å²) in [7, 11) is 0. The van der Waals surface area contributed by atoms with E-state index in [1.54, 1.807) is 28.4 Å². The highest BCUT2D eigenvalue weighted by Gasteiger charge is 2.00. The first-order valence-corrected chi connectivity index (χ1v) is 4.62. The third-order valence-corrected chi connectivity index (χ3v) is 1.95. The number of hydrogen-bond donors (Lipinski definition) is 1. The van der Waals surface area contributed by atoms with Crippen LogP contribution in [0.5, 0.6) is 5.75 Å². The van der Waals surface area contributed by atoms with Crippen LogP contribution in [0.15, 0.2) is 22.3 Å². The second-order valence-corrected chi connectivity index (χ2v) is 3.09. The summed E-state index contributed by atoms with van der Waals surface area (Å²) in [5.41, 5.74) is 0.670. The van der Waals surface area contributed by atoms with Gasteiger partial charge in [-0.05, 0) is 22.3 Å². The molecular weight excluding hydrogens is 274 g/mol. The molecule has 0 unspecified atom stereocenters. The standard InChI is InChI=1S/C8H6ClIO/c9-7-2-1-3-8(11)6(7)4-5-10/h1-5,11H/b5-4-. The molecule has 0 bridgehead atoms. The SMILES string of the molecule is Oc1cccc(Cl)c1/C=C\I. The van der Waals surface area contributed by atoms with Gasteiger partial charge in [-0.15, -0.1) is 0 Å². The molecule has 0 spiro atoms. The first-order chi connectivity index (χ1) is 5.25. The molecule has 1 nitrogen and oxygen atoms in total. The molecule has 1 aromatic carbocycles. The average molecular weight is 280 g/mol. The van der Waals surface area contributed by atoms with Crippen LogP contribution in [-0.4, -0.2) is 5.11 Å². The summed E-state index contributed by atoms with van der Waals surface area (Å²) in [5, 5.41) is 9.85. The Balaban J connectivity index is 3.20. The zero-order chi connectivity index (χ0) is 8.27. The van der Waals surface area contributed by atoms with Gasteiger partial charge in [0, 0.05) is 5.56 Å². The summed E-state index contributed by atoms with van der Waals surface area (Å²) in [6.07, 6.45) is 1.76. The quantitative estimate of drug-likeness (QED) is 0.781. The minimum atomic E-state index is 0.213. The molecule has 1 N–H and O–H groups in total. The van der Waals surface area contributed by atoms with Gasteiger partial charge in [0.15, 0.2) is 0 Å². The van der Waals surface area contributed by atoms with Gasteiger partial charge in [-0.2, -0.15) is 0 Å². The van der Waals surface area contributed by atoms with Crippen molar-refractivity contribution in [1.82, 2.24) is 0 Å². The van der Waals surface area contributed by atoms with Gasteiger partial charge in [0.25, 0.3) is 0 Å². The zero-order valence-corrected chi connectivity index (χ0v) is 8.50. The van der Waals surface area contributed by atoms with Crippen LogP contribution in [0.2, 0.25) is 5.02 Å². The van der Waals surface area contributed by atoms with Gasteiger partial charge in [-0.3, -0.25) is 0 Å². The first-order valence-electron chi connectivity index (χ1n) is 3.00. The topological polar surface area (TPSA) is 20.2 Å². The molecule has 0 radical (unpaired) electrons. The normalized spacial score (nSPS) is 10.7. The van der Waals surface area contributed by atoms with Crippen molar-refractivity contribution in [1.29, 1.82) is 0 Å². The average Bonchev–Trinajstić information content (AvgIpc) is 1.97. The molecule has 0 aliphatic rings. The summed E-state index contributed by atoms with van der Waals surface area (Å²) >= 11 is 7.87. The molecule has 0 aliphatic carbocycles. The number of benzene rings is 1. The number of phenols is 1. The number of halogens is 2. The van der Waals surface area contributed by atoms with Crippen LogP contribution in [0, 0.1) is 0 Å². The predicted octanol–water partition coefficient (Wildman–Crippen LogP) is 3.45. The molecule has 58 valence electrons. The Morgan fingerprint density at radius 3 is 2.73 bits per heavy atom. The van der Waals surface area contributed by atoms with Crippen LogP contribution < -0.4 is 0 Å². The smallest absolute Gasteiger partial charge is 0.124 e. The minimum Gasteiger partial charge on any atom is -0.507 e. The molecule has 0 heterocycles. The lowest BCUT2D eigenvalue weighted by atomic mass is 10.2. The first kappa shape index (κ1) is 8.87. The monoisotopic (exact) mass is 280 g/mol. The molecule has 0 aromatic heterocycles. The van der Waals surface area contributed by atoms with E-state index in [9.17, 15) is 5.11 Å². The van der Waals surface area contributed by atoms with Gasteiger partial charge >= 0.3 is 0 Å². The van der Waals surface area contributed by atoms with Crippen molar-refractivity contribution in [3.63, 3.8) is 0 Å². The van der Waals surface area contributed by atoms with Crippen molar-refractivity contribution in [2.75, 3.05) is 0 Å². The fraction of sp³-hybridized carbons (Fsp3) is 0. The van der Waals surface area contributed by atoms with Crippen molar-refractivity contribution < 1.29 is 5.11 Å². The minimum absolute atomic E-state index is 0.213. The maximum Gasteiger partial charge on any atom is 0.124 e. The van der Waals surface area contributed by atoms with Gasteiger partial charge in [0.2, 0.25) is 0 Å². The van der Waals surface area contributed by atoms with Crippen LogP contribution in [0.1, 0.15) is 5.56 Å². The van der Waals surface area contributed by atoms with Gasteiger partial charge in [0.1, 0.15) is 5.75 Å². The molecule has 0 saturated carbocycles. The summed E-state index contributed by atoms with van der Waals surface area (Å²) in [6, 6.07) is 5.06. The molecule has 0 atom stereocenters. The molecule has 0 aliphatic heterocycles. The van der Waals surface area contributed by atoms with Crippen molar-refractivity contribution in [3.8, 4) is 5.75 Å². The zero-order valence-electron chi connectivity index (χ0n) is 5.59. The molecular formula is C8H6ClIO. The Hall–Kier alpha value is -0.220. The van der Waals surface area contributed by atoms with Crippen molar-refractivity contribution >= 4 is 40.3 Å². The molecule has 0 saturated heterocycles. The van der Waals surface area contributed by atoms with Crippen molar-refractivity contribution in [3.05, 3.63) is 32.9 Å². The highest BCUT2D eigenvalue weighted by molar-refractivity contribution is 14.1. The third kappa shape index (κ3) is 2.10. The lowest BCUT2D eigenvalue weighted by Crippen LogP contribution is -1.74. The highest BCUT2D eigenvalue weighted by Crippen LogP contribution is 2.26. The Morgan fingerprint density at radius 2 is 2.18 bits per heavy atom. The number of phenolic OH excluding ortho intramolecular Hbond substituents is 1. The molecule has 0 fully saturated rings. The Kier molecular flexibility index (Phi) is 3.20. The van der Waals surface area contributed by atoms with Crippen LogP contribution in [0.4, 0.5) is 0 Å². The van der Waals surface area contributed by atoms with Crippen molar-refractivity contribution in [2.45, 2.75) is 0 Å². The Bertz CT molecular complexity index is 263. The van der Waals surface area contributed by atoms with E-state index in [0.717, 1.165) is 0 Å². The Labute approximate surface area is 83.8 Å². The van der Waals surface area contributed by atoms with Gasteiger partial charge in [-0.25, -0.2) is 0 Å². The number of rotatable bonds is 1. The van der Waals surface area contributed by atoms with E-state index < -0.39 is 0 Å². The number of hydrogen-bond acceptors (Lipinski definition) is 1. The van der Waals surface area contributed by atoms with Crippen LogP contribution >= 0.6 is 34.2 Å². The van der Waals surface area contributed by atoms with Crippen LogP contribution in [0.25, 0.3) is 6.08 Å². The van der Waals surface area contributed by atoms with E-state index in [4.69, 9.17) is 11.6 Å². The second-order valence-electron chi connectivity index (χ2n) is 1.97. The summed E-state index contributed by atoms with van der Waals surface area (Å²) in [5.74, 6) is 0.213. The molecule has 3 heteroatoms. The van der Waals surface area contributed by atoms with Gasteiger partial charge in [-0.1, -0.05) is 40.3 Å². The van der Waals surface area contributed by atoms with E-state index in [1.165, 1.54) is 0 Å². The van der Waals surface area contributed by atoms with E-state index in [-0.39, 0.29) is 5.75 Å². The van der Waals surface area contributed by atoms with Crippen LogP contribution in [0.3, 0.4) is 0 Å².